The fourth-order valence-corrected chi connectivity index (χ4v) is 7.83. The molecule has 0 heterocycles. The Balaban J connectivity index is 0.875. The molecule has 0 fully saturated rings. The molecule has 0 unspecified atom stereocenters. The van der Waals surface area contributed by atoms with Crippen LogP contribution in [-0.2, 0) is 25.2 Å². The number of carbonyl (C=O) groups excluding carboxylic acids is 3. The van der Waals surface area contributed by atoms with Crippen molar-refractivity contribution in [1.82, 2.24) is 0 Å². The lowest BCUT2D eigenvalue weighted by molar-refractivity contribution is 0.0725. The van der Waals surface area contributed by atoms with Crippen LogP contribution in [0.1, 0.15) is 71.4 Å². The van der Waals surface area contributed by atoms with E-state index in [1.54, 1.807) is 72.8 Å². The van der Waals surface area contributed by atoms with E-state index in [0.29, 0.717) is 71.0 Å². The first-order chi connectivity index (χ1) is 34.7. The van der Waals surface area contributed by atoms with E-state index in [-0.39, 0.29) is 0 Å². The zero-order chi connectivity index (χ0) is 48.8. The van der Waals surface area contributed by atoms with Gasteiger partial charge in [0, 0.05) is 5.41 Å². The average molecular weight is 937 g/mol. The van der Waals surface area contributed by atoms with Crippen LogP contribution in [0.25, 0.3) is 0 Å². The van der Waals surface area contributed by atoms with Crippen LogP contribution in [0.3, 0.4) is 0 Å². The number of hydrogen-bond acceptors (Lipinski definition) is 9. The molecule has 0 saturated heterocycles. The molecule has 71 heavy (non-hydrogen) atoms. The van der Waals surface area contributed by atoms with Crippen molar-refractivity contribution in [3.05, 3.63) is 287 Å². The van der Waals surface area contributed by atoms with Gasteiger partial charge in [-0.15, -0.1) is 0 Å². The molecular weight excluding hydrogens is 889 g/mol. The van der Waals surface area contributed by atoms with Crippen molar-refractivity contribution in [2.24, 2.45) is 0 Å². The maximum atomic E-state index is 12.7. The van der Waals surface area contributed by atoms with Crippen LogP contribution in [0.4, 0.5) is 0 Å². The van der Waals surface area contributed by atoms with Gasteiger partial charge in [0.1, 0.15) is 54.3 Å². The monoisotopic (exact) mass is 936 g/mol. The second kappa shape index (κ2) is 22.3. The number of hydrogen-bond donors (Lipinski definition) is 0. The number of esters is 3. The summed E-state index contributed by atoms with van der Waals surface area (Å²) >= 11 is 0. The third kappa shape index (κ3) is 12.1. The second-order valence-electron chi connectivity index (χ2n) is 16.8. The predicted molar refractivity (Wildman–Crippen MR) is 271 cm³/mol. The van der Waals surface area contributed by atoms with E-state index < -0.39 is 23.3 Å². The number of ether oxygens (including phenoxy) is 6. The maximum absolute atomic E-state index is 12.7. The van der Waals surface area contributed by atoms with Crippen molar-refractivity contribution < 1.29 is 42.8 Å². The van der Waals surface area contributed by atoms with Crippen LogP contribution in [0.5, 0.6) is 34.5 Å². The van der Waals surface area contributed by atoms with E-state index in [4.69, 9.17) is 28.4 Å². The Morgan fingerprint density at radius 3 is 0.775 bits per heavy atom. The zero-order valence-electron chi connectivity index (χ0n) is 38.8. The summed E-state index contributed by atoms with van der Waals surface area (Å²) in [6.45, 7) is 3.12. The predicted octanol–water partition coefficient (Wildman–Crippen LogP) is 13.4. The molecule has 9 aromatic rings. The summed E-state index contributed by atoms with van der Waals surface area (Å²) in [6.07, 6.45) is 0. The van der Waals surface area contributed by atoms with Gasteiger partial charge in [-0.25, -0.2) is 14.4 Å². The first-order valence-corrected chi connectivity index (χ1v) is 23.0. The largest absolute Gasteiger partial charge is 0.489 e. The molecule has 0 amide bonds. The van der Waals surface area contributed by atoms with E-state index >= 15 is 0 Å². The molecule has 0 atom stereocenters. The molecule has 0 radical (unpaired) electrons. The summed E-state index contributed by atoms with van der Waals surface area (Å²) in [5, 5.41) is 0. The summed E-state index contributed by atoms with van der Waals surface area (Å²) in [5.41, 5.74) is 6.54. The Kier molecular flexibility index (Phi) is 14.7. The molecule has 0 aliphatic rings. The fourth-order valence-electron chi connectivity index (χ4n) is 7.83. The Bertz CT molecular complexity index is 2810. The topological polar surface area (TPSA) is 107 Å². The lowest BCUT2D eigenvalue weighted by atomic mass is 9.71. The minimum atomic E-state index is -0.617. The summed E-state index contributed by atoms with van der Waals surface area (Å²) in [5.74, 6) is 2.27. The SMILES string of the molecule is CC(c1ccc(OCc2ccc(C(=O)Oc3ccccc3)cc2)cc1)(c1ccc(OCc2ccc(C(=O)Oc3ccccc3)cc2)cc1)c1ccc(OCc2ccc(C(=O)Oc3ccccc3)cc2)cc1. The highest BCUT2D eigenvalue weighted by Crippen LogP contribution is 2.41. The normalized spacial score (nSPS) is 10.9. The van der Waals surface area contributed by atoms with Crippen molar-refractivity contribution in [2.45, 2.75) is 32.2 Å². The highest BCUT2D eigenvalue weighted by atomic mass is 16.5. The molecule has 350 valence electrons. The summed E-state index contributed by atoms with van der Waals surface area (Å²) < 4.78 is 35.1. The molecule has 0 bridgehead atoms. The van der Waals surface area contributed by atoms with Crippen LogP contribution >= 0.6 is 0 Å². The minimum Gasteiger partial charge on any atom is -0.489 e. The molecule has 9 aromatic carbocycles. The van der Waals surface area contributed by atoms with Gasteiger partial charge in [0.25, 0.3) is 0 Å². The quantitative estimate of drug-likeness (QED) is 0.0472. The third-order valence-electron chi connectivity index (χ3n) is 11.9. The molecule has 9 rings (SSSR count). The number of para-hydroxylation sites is 3. The molecule has 0 spiro atoms. The van der Waals surface area contributed by atoms with Crippen LogP contribution in [0, 0.1) is 0 Å². The maximum Gasteiger partial charge on any atom is 0.343 e. The third-order valence-corrected chi connectivity index (χ3v) is 11.9. The highest BCUT2D eigenvalue weighted by Gasteiger charge is 2.31. The number of carbonyl (C=O) groups is 3. The van der Waals surface area contributed by atoms with Crippen LogP contribution < -0.4 is 28.4 Å². The second-order valence-corrected chi connectivity index (χ2v) is 16.8. The van der Waals surface area contributed by atoms with E-state index in [0.717, 1.165) is 33.4 Å². The number of benzene rings is 9. The van der Waals surface area contributed by atoms with Gasteiger partial charge in [0.2, 0.25) is 0 Å². The standard InChI is InChI=1S/C62H48O9/c1-62(50-29-35-53(36-30-50)66-41-44-17-23-47(24-18-44)59(63)69-56-11-5-2-6-12-56,51-31-37-54(38-32-51)67-42-45-19-25-48(26-20-45)60(64)70-57-13-7-3-8-14-57)52-33-39-55(40-34-52)68-43-46-21-27-49(28-22-46)61(65)71-58-15-9-4-10-16-58/h2-40H,41-43H2,1H3. The van der Waals surface area contributed by atoms with Gasteiger partial charge in [0.05, 0.1) is 16.7 Å². The Morgan fingerprint density at radius 2 is 0.535 bits per heavy atom. The molecule has 9 nitrogen and oxygen atoms in total. The summed E-state index contributed by atoms with van der Waals surface area (Å²) in [4.78, 5) is 38.0. The lowest BCUT2D eigenvalue weighted by Gasteiger charge is -2.32. The van der Waals surface area contributed by atoms with Crippen LogP contribution in [0.15, 0.2) is 237 Å². The smallest absolute Gasteiger partial charge is 0.343 e. The Morgan fingerprint density at radius 1 is 0.296 bits per heavy atom. The van der Waals surface area contributed by atoms with Gasteiger partial charge >= 0.3 is 17.9 Å². The van der Waals surface area contributed by atoms with E-state index in [1.807, 2.05) is 127 Å². The minimum absolute atomic E-state index is 0.309. The average Bonchev–Trinajstić information content (AvgIpc) is 3.42. The van der Waals surface area contributed by atoms with Crippen molar-refractivity contribution in [3.63, 3.8) is 0 Å². The molecule has 0 aliphatic carbocycles. The fraction of sp³-hybridized carbons (Fsp3) is 0.0806. The zero-order valence-corrected chi connectivity index (χ0v) is 38.8. The molecular formula is C62H48O9. The summed E-state index contributed by atoms with van der Waals surface area (Å²) in [7, 11) is 0. The van der Waals surface area contributed by atoms with Crippen LogP contribution in [0.2, 0.25) is 0 Å². The van der Waals surface area contributed by atoms with Crippen molar-refractivity contribution in [1.29, 1.82) is 0 Å². The van der Waals surface area contributed by atoms with E-state index in [9.17, 15) is 14.4 Å². The first-order valence-electron chi connectivity index (χ1n) is 23.0. The Labute approximate surface area is 412 Å². The van der Waals surface area contributed by atoms with Gasteiger partial charge in [-0.05, 0) is 149 Å². The molecule has 9 heteroatoms. The molecule has 0 saturated carbocycles. The molecule has 0 aromatic heterocycles. The lowest BCUT2D eigenvalue weighted by Crippen LogP contribution is -2.25. The van der Waals surface area contributed by atoms with Crippen molar-refractivity contribution >= 4 is 17.9 Å². The summed E-state index contributed by atoms with van der Waals surface area (Å²) in [6, 6.07) is 72.7. The van der Waals surface area contributed by atoms with Gasteiger partial charge < -0.3 is 28.4 Å². The Hall–Kier alpha value is -9.21. The van der Waals surface area contributed by atoms with E-state index in [1.165, 1.54) is 0 Å². The molecule has 0 N–H and O–H groups in total. The van der Waals surface area contributed by atoms with Gasteiger partial charge in [-0.2, -0.15) is 0 Å². The van der Waals surface area contributed by atoms with Gasteiger partial charge in [0.15, 0.2) is 0 Å². The van der Waals surface area contributed by atoms with Gasteiger partial charge in [-0.3, -0.25) is 0 Å². The molecule has 0 aliphatic heterocycles. The first kappa shape index (κ1) is 46.9. The van der Waals surface area contributed by atoms with Crippen molar-refractivity contribution in [3.8, 4) is 34.5 Å². The van der Waals surface area contributed by atoms with E-state index in [2.05, 4.69) is 43.3 Å². The van der Waals surface area contributed by atoms with Gasteiger partial charge in [-0.1, -0.05) is 127 Å². The van der Waals surface area contributed by atoms with Crippen LogP contribution in [-0.4, -0.2) is 17.9 Å². The number of rotatable bonds is 18. The van der Waals surface area contributed by atoms with Crippen molar-refractivity contribution in [2.75, 3.05) is 0 Å². The highest BCUT2D eigenvalue weighted by molar-refractivity contribution is 5.92.